The second-order valence-electron chi connectivity index (χ2n) is 4.58. The molecule has 96 valence electrons. The Morgan fingerprint density at radius 3 is 2.83 bits per heavy atom. The fourth-order valence-corrected chi connectivity index (χ4v) is 2.47. The van der Waals surface area contributed by atoms with Gasteiger partial charge in [0.25, 0.3) is 0 Å². The Kier molecular flexibility index (Phi) is 4.34. The number of hydrogen-bond acceptors (Lipinski definition) is 3. The molecule has 0 bridgehead atoms. The Bertz CT molecular complexity index is 521. The van der Waals surface area contributed by atoms with Crippen LogP contribution in [0.2, 0.25) is 0 Å². The average molecular weight is 356 g/mol. The van der Waals surface area contributed by atoms with Crippen LogP contribution < -0.4 is 5.73 Å². The first-order chi connectivity index (χ1) is 8.58. The van der Waals surface area contributed by atoms with E-state index in [1.807, 2.05) is 10.7 Å². The van der Waals surface area contributed by atoms with Crippen molar-refractivity contribution in [2.75, 3.05) is 0 Å². The molecule has 1 atom stereocenters. The number of aromatic nitrogens is 3. The van der Waals surface area contributed by atoms with Crippen LogP contribution in [0.4, 0.5) is 0 Å². The van der Waals surface area contributed by atoms with Gasteiger partial charge < -0.3 is 5.73 Å². The summed E-state index contributed by atoms with van der Waals surface area (Å²) in [5.41, 5.74) is 7.38. The molecule has 0 fully saturated rings. The lowest BCUT2D eigenvalue weighted by molar-refractivity contribution is 0.493. The Hall–Kier alpha value is -0.950. The molecule has 0 aliphatic rings. The summed E-state index contributed by atoms with van der Waals surface area (Å²) in [6.07, 6.45) is 2.30. The predicted molar refractivity (Wildman–Crippen MR) is 80.2 cm³/mol. The Morgan fingerprint density at radius 2 is 2.17 bits per heavy atom. The highest BCUT2D eigenvalue weighted by Gasteiger charge is 2.13. The summed E-state index contributed by atoms with van der Waals surface area (Å²) < 4.78 is 3.12. The van der Waals surface area contributed by atoms with Crippen molar-refractivity contribution in [3.05, 3.63) is 45.6 Å². The highest BCUT2D eigenvalue weighted by molar-refractivity contribution is 14.1. The normalized spacial score (nSPS) is 12.9. The number of halogens is 1. The molecular weight excluding hydrogens is 339 g/mol. The molecule has 0 saturated heterocycles. The molecule has 1 aromatic carbocycles. The predicted octanol–water partition coefficient (Wildman–Crippen LogP) is 2.71. The van der Waals surface area contributed by atoms with Crippen molar-refractivity contribution in [2.45, 2.75) is 32.4 Å². The minimum absolute atomic E-state index is 0.0404. The van der Waals surface area contributed by atoms with Crippen LogP contribution in [-0.2, 0) is 6.42 Å². The Morgan fingerprint density at radius 1 is 1.39 bits per heavy atom. The summed E-state index contributed by atoms with van der Waals surface area (Å²) in [6.45, 7) is 4.18. The van der Waals surface area contributed by atoms with Gasteiger partial charge in [-0.3, -0.25) is 0 Å². The fourth-order valence-electron chi connectivity index (χ4n) is 1.90. The number of nitrogens with zero attached hydrogens (tertiary/aromatic N) is 3. The molecule has 0 amide bonds. The summed E-state index contributed by atoms with van der Waals surface area (Å²) in [7, 11) is 0. The molecule has 0 spiro atoms. The van der Waals surface area contributed by atoms with Crippen molar-refractivity contribution >= 4 is 22.6 Å². The van der Waals surface area contributed by atoms with E-state index in [0.29, 0.717) is 12.5 Å². The highest BCUT2D eigenvalue weighted by atomic mass is 127. The summed E-state index contributed by atoms with van der Waals surface area (Å²) in [4.78, 5) is 4.30. The van der Waals surface area contributed by atoms with Crippen molar-refractivity contribution in [2.24, 2.45) is 5.73 Å². The van der Waals surface area contributed by atoms with Crippen molar-refractivity contribution in [1.29, 1.82) is 0 Å². The van der Waals surface area contributed by atoms with Gasteiger partial charge in [-0.1, -0.05) is 12.1 Å². The maximum Gasteiger partial charge on any atom is 0.138 e. The molecule has 0 aliphatic carbocycles. The standard InChI is InChI=1S/C13H17IN4/c1-9(2)18-13(16-8-17-18)7-12(15)10-4-3-5-11(14)6-10/h3-6,8-9,12H,7,15H2,1-2H3. The SMILES string of the molecule is CC(C)n1ncnc1CC(N)c1cccc(I)c1. The van der Waals surface area contributed by atoms with Crippen LogP contribution in [0, 0.1) is 3.57 Å². The van der Waals surface area contributed by atoms with Gasteiger partial charge in [-0.15, -0.1) is 0 Å². The van der Waals surface area contributed by atoms with E-state index in [-0.39, 0.29) is 6.04 Å². The molecule has 0 saturated carbocycles. The molecule has 18 heavy (non-hydrogen) atoms. The van der Waals surface area contributed by atoms with Crippen LogP contribution in [0.3, 0.4) is 0 Å². The minimum Gasteiger partial charge on any atom is -0.324 e. The maximum atomic E-state index is 6.24. The monoisotopic (exact) mass is 356 g/mol. The molecule has 1 unspecified atom stereocenters. The lowest BCUT2D eigenvalue weighted by atomic mass is 10.0. The van der Waals surface area contributed by atoms with Crippen LogP contribution >= 0.6 is 22.6 Å². The first-order valence-corrected chi connectivity index (χ1v) is 7.05. The van der Waals surface area contributed by atoms with Crippen LogP contribution in [0.1, 0.15) is 37.3 Å². The smallest absolute Gasteiger partial charge is 0.138 e. The Balaban J connectivity index is 2.16. The van der Waals surface area contributed by atoms with E-state index in [1.54, 1.807) is 6.33 Å². The molecule has 1 aromatic heterocycles. The van der Waals surface area contributed by atoms with Crippen molar-refractivity contribution in [3.8, 4) is 0 Å². The van der Waals surface area contributed by atoms with Gasteiger partial charge in [0, 0.05) is 22.1 Å². The van der Waals surface area contributed by atoms with E-state index in [2.05, 4.69) is 64.7 Å². The molecule has 2 aromatic rings. The molecule has 4 nitrogen and oxygen atoms in total. The minimum atomic E-state index is -0.0404. The van der Waals surface area contributed by atoms with E-state index in [1.165, 1.54) is 3.57 Å². The first-order valence-electron chi connectivity index (χ1n) is 5.97. The molecule has 1 heterocycles. The Labute approximate surface area is 121 Å². The van der Waals surface area contributed by atoms with Crippen LogP contribution in [0.15, 0.2) is 30.6 Å². The summed E-state index contributed by atoms with van der Waals surface area (Å²) in [6, 6.07) is 8.54. The molecule has 0 radical (unpaired) electrons. The van der Waals surface area contributed by atoms with E-state index < -0.39 is 0 Å². The van der Waals surface area contributed by atoms with E-state index in [0.717, 1.165) is 11.4 Å². The molecule has 2 rings (SSSR count). The lowest BCUT2D eigenvalue weighted by Gasteiger charge is -2.14. The zero-order valence-corrected chi connectivity index (χ0v) is 12.7. The van der Waals surface area contributed by atoms with Gasteiger partial charge in [-0.25, -0.2) is 9.67 Å². The van der Waals surface area contributed by atoms with Crippen molar-refractivity contribution in [3.63, 3.8) is 0 Å². The second-order valence-corrected chi connectivity index (χ2v) is 5.83. The summed E-state index contributed by atoms with van der Waals surface area (Å²) in [5, 5.41) is 4.23. The zero-order chi connectivity index (χ0) is 13.1. The summed E-state index contributed by atoms with van der Waals surface area (Å²) >= 11 is 2.30. The van der Waals surface area contributed by atoms with E-state index in [9.17, 15) is 0 Å². The lowest BCUT2D eigenvalue weighted by Crippen LogP contribution is -2.18. The van der Waals surface area contributed by atoms with Gasteiger partial charge in [0.15, 0.2) is 0 Å². The maximum absolute atomic E-state index is 6.24. The van der Waals surface area contributed by atoms with Gasteiger partial charge >= 0.3 is 0 Å². The van der Waals surface area contributed by atoms with E-state index >= 15 is 0 Å². The topological polar surface area (TPSA) is 56.7 Å². The molecule has 0 aliphatic heterocycles. The number of benzene rings is 1. The van der Waals surface area contributed by atoms with Crippen LogP contribution in [0.5, 0.6) is 0 Å². The zero-order valence-electron chi connectivity index (χ0n) is 10.5. The van der Waals surface area contributed by atoms with Gasteiger partial charge in [0.2, 0.25) is 0 Å². The quantitative estimate of drug-likeness (QED) is 0.857. The molecular formula is C13H17IN4. The van der Waals surface area contributed by atoms with Gasteiger partial charge in [0.05, 0.1) is 0 Å². The van der Waals surface area contributed by atoms with Crippen molar-refractivity contribution < 1.29 is 0 Å². The van der Waals surface area contributed by atoms with Crippen molar-refractivity contribution in [1.82, 2.24) is 14.8 Å². The summed E-state index contributed by atoms with van der Waals surface area (Å²) in [5.74, 6) is 0.941. The highest BCUT2D eigenvalue weighted by Crippen LogP contribution is 2.18. The van der Waals surface area contributed by atoms with Gasteiger partial charge in [0.1, 0.15) is 12.2 Å². The third-order valence-corrected chi connectivity index (χ3v) is 3.49. The first kappa shape index (κ1) is 13.5. The second kappa shape index (κ2) is 5.79. The third-order valence-electron chi connectivity index (χ3n) is 2.82. The number of nitrogens with two attached hydrogens (primary N) is 1. The van der Waals surface area contributed by atoms with Gasteiger partial charge in [-0.2, -0.15) is 5.10 Å². The van der Waals surface area contributed by atoms with Crippen LogP contribution in [-0.4, -0.2) is 14.8 Å². The number of rotatable bonds is 4. The average Bonchev–Trinajstić information content (AvgIpc) is 2.77. The van der Waals surface area contributed by atoms with Gasteiger partial charge in [-0.05, 0) is 54.1 Å². The number of hydrogen-bond donors (Lipinski definition) is 1. The largest absolute Gasteiger partial charge is 0.324 e. The fraction of sp³-hybridized carbons (Fsp3) is 0.385. The van der Waals surface area contributed by atoms with Crippen LogP contribution in [0.25, 0.3) is 0 Å². The van der Waals surface area contributed by atoms with E-state index in [4.69, 9.17) is 5.73 Å². The third kappa shape index (κ3) is 3.08. The molecule has 2 N–H and O–H groups in total. The molecule has 5 heteroatoms.